The summed E-state index contributed by atoms with van der Waals surface area (Å²) in [5.41, 5.74) is 10.5. The Morgan fingerprint density at radius 1 is 1.73 bits per heavy atom. The van der Waals surface area contributed by atoms with Gasteiger partial charge in [-0.3, -0.25) is 4.79 Å². The Labute approximate surface area is 64.8 Å². The van der Waals surface area contributed by atoms with E-state index in [2.05, 4.69) is 15.7 Å². The highest BCUT2D eigenvalue weighted by molar-refractivity contribution is 5.42. The zero-order valence-corrected chi connectivity index (χ0v) is 6.16. The van der Waals surface area contributed by atoms with Gasteiger partial charge in [0.05, 0.1) is 12.0 Å². The van der Waals surface area contributed by atoms with Crippen molar-refractivity contribution in [2.75, 3.05) is 6.54 Å². The van der Waals surface area contributed by atoms with Crippen molar-refractivity contribution in [3.63, 3.8) is 0 Å². The van der Waals surface area contributed by atoms with Crippen molar-refractivity contribution in [2.24, 2.45) is 11.5 Å². The molecule has 1 aromatic heterocycles. The van der Waals surface area contributed by atoms with E-state index in [-0.39, 0.29) is 6.41 Å². The Balaban J connectivity index is 0.000000292. The van der Waals surface area contributed by atoms with E-state index in [0.29, 0.717) is 6.54 Å². The molecular formula is C6H12N4O. The fourth-order valence-electron chi connectivity index (χ4n) is 0.576. The summed E-state index contributed by atoms with van der Waals surface area (Å²) in [4.78, 5) is 15.4. The fraction of sp³-hybridized carbons (Fsp3) is 0.333. The lowest BCUT2D eigenvalue weighted by Gasteiger charge is -1.85. The Morgan fingerprint density at radius 2 is 2.36 bits per heavy atom. The summed E-state index contributed by atoms with van der Waals surface area (Å²) in [6.07, 6.45) is 4.63. The number of aromatic nitrogens is 2. The highest BCUT2D eigenvalue weighted by Gasteiger charge is 1.87. The summed E-state index contributed by atoms with van der Waals surface area (Å²) in [6.45, 7) is 0.671. The summed E-state index contributed by atoms with van der Waals surface area (Å²) in [5, 5.41) is 0. The zero-order valence-electron chi connectivity index (χ0n) is 6.16. The lowest BCUT2D eigenvalue weighted by molar-refractivity contribution is -0.106. The number of aromatic amines is 1. The molecule has 1 heterocycles. The maximum atomic E-state index is 8.58. The summed E-state index contributed by atoms with van der Waals surface area (Å²) in [6, 6.07) is 0. The maximum absolute atomic E-state index is 8.58. The number of rotatable bonds is 2. The Bertz CT molecular complexity index is 173. The van der Waals surface area contributed by atoms with Crippen LogP contribution in [0.1, 0.15) is 5.69 Å². The van der Waals surface area contributed by atoms with Crippen molar-refractivity contribution in [3.8, 4) is 0 Å². The SMILES string of the molecule is NC=O.NCCc1c[nH]cn1. The van der Waals surface area contributed by atoms with Gasteiger partial charge in [-0.25, -0.2) is 4.98 Å². The molecule has 1 rings (SSSR count). The molecule has 0 aliphatic heterocycles. The number of H-pyrrole nitrogens is 1. The number of imidazole rings is 1. The van der Waals surface area contributed by atoms with Gasteiger partial charge in [0.1, 0.15) is 0 Å². The number of nitrogens with one attached hydrogen (secondary N) is 1. The average molecular weight is 156 g/mol. The number of hydrogen-bond donors (Lipinski definition) is 3. The lowest BCUT2D eigenvalue weighted by Crippen LogP contribution is -2.02. The van der Waals surface area contributed by atoms with Crippen LogP contribution in [-0.2, 0) is 11.2 Å². The number of amides is 1. The van der Waals surface area contributed by atoms with Crippen LogP contribution in [0.15, 0.2) is 12.5 Å². The third-order valence-corrected chi connectivity index (χ3v) is 0.955. The van der Waals surface area contributed by atoms with Crippen LogP contribution in [0.4, 0.5) is 0 Å². The van der Waals surface area contributed by atoms with Crippen LogP contribution < -0.4 is 11.5 Å². The van der Waals surface area contributed by atoms with Crippen LogP contribution in [0.3, 0.4) is 0 Å². The van der Waals surface area contributed by atoms with Crippen molar-refractivity contribution in [3.05, 3.63) is 18.2 Å². The van der Waals surface area contributed by atoms with E-state index in [0.717, 1.165) is 12.1 Å². The Kier molecular flexibility index (Phi) is 5.92. The molecular weight excluding hydrogens is 144 g/mol. The summed E-state index contributed by atoms with van der Waals surface area (Å²) >= 11 is 0. The predicted molar refractivity (Wildman–Crippen MR) is 41.6 cm³/mol. The molecule has 0 aliphatic rings. The molecule has 0 spiro atoms. The summed E-state index contributed by atoms with van der Waals surface area (Å²) in [5.74, 6) is 0. The first kappa shape index (κ1) is 9.64. The first-order chi connectivity index (χ1) is 5.35. The molecule has 0 radical (unpaired) electrons. The van der Waals surface area contributed by atoms with Crippen molar-refractivity contribution in [1.29, 1.82) is 0 Å². The van der Waals surface area contributed by atoms with Gasteiger partial charge in [0, 0.05) is 12.6 Å². The Morgan fingerprint density at radius 3 is 2.73 bits per heavy atom. The number of hydrogen-bond acceptors (Lipinski definition) is 3. The Hall–Kier alpha value is -1.36. The first-order valence-electron chi connectivity index (χ1n) is 3.18. The number of primary amides is 1. The normalized spacial score (nSPS) is 8.09. The highest BCUT2D eigenvalue weighted by atomic mass is 16.1. The van der Waals surface area contributed by atoms with Gasteiger partial charge in [-0.2, -0.15) is 0 Å². The second kappa shape index (κ2) is 6.76. The van der Waals surface area contributed by atoms with E-state index in [1.165, 1.54) is 0 Å². The van der Waals surface area contributed by atoms with Crippen LogP contribution in [-0.4, -0.2) is 22.9 Å². The van der Waals surface area contributed by atoms with Crippen molar-refractivity contribution in [1.82, 2.24) is 9.97 Å². The molecule has 11 heavy (non-hydrogen) atoms. The van der Waals surface area contributed by atoms with E-state index in [1.54, 1.807) is 6.33 Å². The molecule has 5 N–H and O–H groups in total. The number of carbonyl (C=O) groups is 1. The number of carbonyl (C=O) groups excluding carboxylic acids is 1. The number of nitrogens with two attached hydrogens (primary N) is 2. The quantitative estimate of drug-likeness (QED) is 0.479. The molecule has 0 aliphatic carbocycles. The van der Waals surface area contributed by atoms with Crippen LogP contribution in [0.5, 0.6) is 0 Å². The minimum atomic E-state index is 0.250. The van der Waals surface area contributed by atoms with Gasteiger partial charge in [-0.05, 0) is 6.54 Å². The average Bonchev–Trinajstić information content (AvgIpc) is 2.42. The molecule has 62 valence electrons. The van der Waals surface area contributed by atoms with Crippen molar-refractivity contribution in [2.45, 2.75) is 6.42 Å². The maximum Gasteiger partial charge on any atom is 0.204 e. The molecule has 0 saturated carbocycles. The van der Waals surface area contributed by atoms with Gasteiger partial charge in [0.25, 0.3) is 0 Å². The molecule has 0 fully saturated rings. The van der Waals surface area contributed by atoms with E-state index >= 15 is 0 Å². The molecule has 0 bridgehead atoms. The standard InChI is InChI=1S/C5H9N3.CH3NO/c6-2-1-5-3-7-4-8-5;2-1-3/h3-4H,1-2,6H2,(H,7,8);1H,(H2,2,3). The highest BCUT2D eigenvalue weighted by Crippen LogP contribution is 1.88. The third-order valence-electron chi connectivity index (χ3n) is 0.955. The van der Waals surface area contributed by atoms with Crippen molar-refractivity contribution >= 4 is 6.41 Å². The fourth-order valence-corrected chi connectivity index (χ4v) is 0.576. The van der Waals surface area contributed by atoms with E-state index in [9.17, 15) is 0 Å². The van der Waals surface area contributed by atoms with Crippen LogP contribution in [0.25, 0.3) is 0 Å². The summed E-state index contributed by atoms with van der Waals surface area (Å²) in [7, 11) is 0. The van der Waals surface area contributed by atoms with Crippen LogP contribution in [0, 0.1) is 0 Å². The van der Waals surface area contributed by atoms with Gasteiger partial charge in [0.15, 0.2) is 0 Å². The molecule has 0 saturated heterocycles. The largest absolute Gasteiger partial charge is 0.372 e. The molecule has 1 amide bonds. The predicted octanol–water partition coefficient (Wildman–Crippen LogP) is -0.988. The van der Waals surface area contributed by atoms with E-state index in [1.807, 2.05) is 6.20 Å². The molecule has 0 atom stereocenters. The molecule has 0 aromatic carbocycles. The molecule has 5 nitrogen and oxygen atoms in total. The topological polar surface area (TPSA) is 97.8 Å². The van der Waals surface area contributed by atoms with Gasteiger partial charge in [0.2, 0.25) is 6.41 Å². The van der Waals surface area contributed by atoms with Gasteiger partial charge in [-0.1, -0.05) is 0 Å². The molecule has 5 heteroatoms. The van der Waals surface area contributed by atoms with Gasteiger partial charge in [-0.15, -0.1) is 0 Å². The minimum Gasteiger partial charge on any atom is -0.372 e. The molecule has 1 aromatic rings. The smallest absolute Gasteiger partial charge is 0.204 e. The molecule has 0 unspecified atom stereocenters. The monoisotopic (exact) mass is 156 g/mol. The third kappa shape index (κ3) is 5.10. The minimum absolute atomic E-state index is 0.250. The lowest BCUT2D eigenvalue weighted by atomic mass is 10.3. The second-order valence-electron chi connectivity index (χ2n) is 1.74. The second-order valence-corrected chi connectivity index (χ2v) is 1.74. The van der Waals surface area contributed by atoms with Crippen molar-refractivity contribution < 1.29 is 4.79 Å². The van der Waals surface area contributed by atoms with E-state index in [4.69, 9.17) is 10.5 Å². The van der Waals surface area contributed by atoms with Gasteiger partial charge >= 0.3 is 0 Å². The zero-order chi connectivity index (χ0) is 8.53. The van der Waals surface area contributed by atoms with Crippen LogP contribution >= 0.6 is 0 Å². The summed E-state index contributed by atoms with van der Waals surface area (Å²) < 4.78 is 0. The van der Waals surface area contributed by atoms with Gasteiger partial charge < -0.3 is 16.5 Å². The number of nitrogens with zero attached hydrogens (tertiary/aromatic N) is 1. The first-order valence-corrected chi connectivity index (χ1v) is 3.18. The van der Waals surface area contributed by atoms with E-state index < -0.39 is 0 Å². The van der Waals surface area contributed by atoms with Crippen LogP contribution in [0.2, 0.25) is 0 Å².